The van der Waals surface area contributed by atoms with E-state index in [1.807, 2.05) is 19.2 Å². The maximum absolute atomic E-state index is 5.77. The van der Waals surface area contributed by atoms with Gasteiger partial charge in [0, 0.05) is 12.6 Å². The molecule has 0 aliphatic rings. The van der Waals surface area contributed by atoms with Crippen molar-refractivity contribution in [2.75, 3.05) is 17.6 Å². The molecule has 0 atom stereocenters. The van der Waals surface area contributed by atoms with Crippen LogP contribution in [0, 0.1) is 6.92 Å². The van der Waals surface area contributed by atoms with E-state index in [9.17, 15) is 0 Å². The van der Waals surface area contributed by atoms with Crippen LogP contribution in [-0.4, -0.2) is 31.4 Å². The summed E-state index contributed by atoms with van der Waals surface area (Å²) in [6, 6.07) is 1.88. The summed E-state index contributed by atoms with van der Waals surface area (Å²) in [6.45, 7) is 5.34. The molecule has 0 saturated carbocycles. The second-order valence-corrected chi connectivity index (χ2v) is 5.21. The van der Waals surface area contributed by atoms with Gasteiger partial charge in [-0.3, -0.25) is 4.68 Å². The Balaban J connectivity index is 1.89. The molecule has 0 radical (unpaired) electrons. The molecule has 3 aromatic heterocycles. The van der Waals surface area contributed by atoms with E-state index >= 15 is 0 Å². The smallest absolute Gasteiger partial charge is 0.222 e. The van der Waals surface area contributed by atoms with Gasteiger partial charge < -0.3 is 15.6 Å². The molecular formula is C14H19N7O. The van der Waals surface area contributed by atoms with Gasteiger partial charge in [-0.25, -0.2) is 4.98 Å². The molecule has 8 heteroatoms. The number of hydrogen-bond acceptors (Lipinski definition) is 7. The van der Waals surface area contributed by atoms with Crippen LogP contribution in [0.4, 0.5) is 11.8 Å². The van der Waals surface area contributed by atoms with Crippen molar-refractivity contribution < 1.29 is 4.52 Å². The zero-order valence-corrected chi connectivity index (χ0v) is 12.7. The van der Waals surface area contributed by atoms with Crippen LogP contribution < -0.4 is 11.1 Å². The first-order valence-electron chi connectivity index (χ1n) is 7.32. The van der Waals surface area contributed by atoms with E-state index in [4.69, 9.17) is 10.3 Å². The SMILES string of the molecule is CCCCNc1nc(N)nc2cn(Cc3cc(C)no3)nc12. The Bertz CT molecular complexity index is 777. The van der Waals surface area contributed by atoms with Gasteiger partial charge in [0.2, 0.25) is 5.95 Å². The Morgan fingerprint density at radius 1 is 1.36 bits per heavy atom. The van der Waals surface area contributed by atoms with E-state index in [1.54, 1.807) is 4.68 Å². The lowest BCUT2D eigenvalue weighted by molar-refractivity contribution is 0.368. The molecule has 3 N–H and O–H groups in total. The second-order valence-electron chi connectivity index (χ2n) is 5.21. The zero-order valence-electron chi connectivity index (χ0n) is 12.7. The number of fused-ring (bicyclic) bond motifs is 1. The number of nitrogens with two attached hydrogens (primary N) is 1. The predicted molar refractivity (Wildman–Crippen MR) is 83.5 cm³/mol. The maximum atomic E-state index is 5.77. The molecule has 3 aromatic rings. The molecular weight excluding hydrogens is 282 g/mol. The highest BCUT2D eigenvalue weighted by Gasteiger charge is 2.12. The number of hydrogen-bond donors (Lipinski definition) is 2. The lowest BCUT2D eigenvalue weighted by Crippen LogP contribution is -2.06. The third-order valence-electron chi connectivity index (χ3n) is 3.25. The number of rotatable bonds is 6. The number of anilines is 2. The van der Waals surface area contributed by atoms with E-state index in [2.05, 4.69) is 32.5 Å². The van der Waals surface area contributed by atoms with Crippen molar-refractivity contribution in [3.8, 4) is 0 Å². The monoisotopic (exact) mass is 301 g/mol. The number of nitrogens with zero attached hydrogens (tertiary/aromatic N) is 5. The number of aromatic nitrogens is 5. The highest BCUT2D eigenvalue weighted by Crippen LogP contribution is 2.20. The molecule has 22 heavy (non-hydrogen) atoms. The van der Waals surface area contributed by atoms with Crippen molar-refractivity contribution in [3.63, 3.8) is 0 Å². The van der Waals surface area contributed by atoms with Gasteiger partial charge in [0.15, 0.2) is 17.1 Å². The number of aryl methyl sites for hydroxylation is 1. The van der Waals surface area contributed by atoms with Gasteiger partial charge >= 0.3 is 0 Å². The number of nitrogen functional groups attached to an aromatic ring is 1. The summed E-state index contributed by atoms with van der Waals surface area (Å²) in [5.74, 6) is 1.65. The van der Waals surface area contributed by atoms with Crippen molar-refractivity contribution in [1.82, 2.24) is 24.9 Å². The summed E-state index contributed by atoms with van der Waals surface area (Å²) < 4.78 is 6.96. The maximum Gasteiger partial charge on any atom is 0.222 e. The van der Waals surface area contributed by atoms with Gasteiger partial charge in [0.05, 0.1) is 11.9 Å². The summed E-state index contributed by atoms with van der Waals surface area (Å²) in [7, 11) is 0. The van der Waals surface area contributed by atoms with E-state index in [-0.39, 0.29) is 5.95 Å². The molecule has 0 aromatic carbocycles. The minimum absolute atomic E-state index is 0.238. The number of unbranched alkanes of at least 4 members (excludes halogenated alkanes) is 1. The van der Waals surface area contributed by atoms with Crippen LogP contribution in [-0.2, 0) is 6.54 Å². The first-order valence-corrected chi connectivity index (χ1v) is 7.32. The Hall–Kier alpha value is -2.64. The van der Waals surface area contributed by atoms with Crippen molar-refractivity contribution in [1.29, 1.82) is 0 Å². The zero-order chi connectivity index (χ0) is 15.5. The van der Waals surface area contributed by atoms with Crippen LogP contribution >= 0.6 is 0 Å². The predicted octanol–water partition coefficient (Wildman–Crippen LogP) is 1.97. The Morgan fingerprint density at radius 2 is 2.23 bits per heavy atom. The van der Waals surface area contributed by atoms with Crippen molar-refractivity contribution in [2.24, 2.45) is 0 Å². The van der Waals surface area contributed by atoms with Crippen LogP contribution in [0.2, 0.25) is 0 Å². The minimum Gasteiger partial charge on any atom is -0.368 e. The van der Waals surface area contributed by atoms with Gasteiger partial charge in [0.1, 0.15) is 12.1 Å². The Morgan fingerprint density at radius 3 is 2.95 bits per heavy atom. The van der Waals surface area contributed by atoms with Gasteiger partial charge in [0.25, 0.3) is 0 Å². The molecule has 0 unspecified atom stereocenters. The molecule has 0 amide bonds. The summed E-state index contributed by atoms with van der Waals surface area (Å²) in [5, 5.41) is 11.7. The van der Waals surface area contributed by atoms with Crippen LogP contribution in [0.15, 0.2) is 16.8 Å². The summed E-state index contributed by atoms with van der Waals surface area (Å²) in [6.07, 6.45) is 4.00. The third kappa shape index (κ3) is 3.00. The Kier molecular flexibility index (Phi) is 3.90. The lowest BCUT2D eigenvalue weighted by atomic mass is 10.3. The molecule has 0 aliphatic carbocycles. The highest BCUT2D eigenvalue weighted by molar-refractivity contribution is 5.85. The fourth-order valence-corrected chi connectivity index (χ4v) is 2.22. The van der Waals surface area contributed by atoms with Crippen LogP contribution in [0.5, 0.6) is 0 Å². The highest BCUT2D eigenvalue weighted by atomic mass is 16.5. The normalized spacial score (nSPS) is 11.2. The van der Waals surface area contributed by atoms with Crippen molar-refractivity contribution in [2.45, 2.75) is 33.2 Å². The Labute approximate surface area is 127 Å². The van der Waals surface area contributed by atoms with Gasteiger partial charge in [-0.2, -0.15) is 10.1 Å². The van der Waals surface area contributed by atoms with E-state index in [0.29, 0.717) is 23.4 Å². The molecule has 3 rings (SSSR count). The lowest BCUT2D eigenvalue weighted by Gasteiger charge is -2.05. The molecule has 3 heterocycles. The van der Waals surface area contributed by atoms with Gasteiger partial charge in [-0.15, -0.1) is 0 Å². The van der Waals surface area contributed by atoms with Crippen LogP contribution in [0.3, 0.4) is 0 Å². The molecule has 0 saturated heterocycles. The van der Waals surface area contributed by atoms with Crippen LogP contribution in [0.1, 0.15) is 31.2 Å². The van der Waals surface area contributed by atoms with Crippen molar-refractivity contribution in [3.05, 3.63) is 23.7 Å². The molecule has 116 valence electrons. The minimum atomic E-state index is 0.238. The fourth-order valence-electron chi connectivity index (χ4n) is 2.22. The largest absolute Gasteiger partial charge is 0.368 e. The molecule has 0 bridgehead atoms. The molecule has 0 fully saturated rings. The average molecular weight is 301 g/mol. The van der Waals surface area contributed by atoms with E-state index < -0.39 is 0 Å². The third-order valence-corrected chi connectivity index (χ3v) is 3.25. The van der Waals surface area contributed by atoms with E-state index in [1.165, 1.54) is 0 Å². The first-order chi connectivity index (χ1) is 10.7. The first kappa shape index (κ1) is 14.3. The standard InChI is InChI=1S/C14H19N7O/c1-3-4-5-16-13-12-11(17-14(15)18-13)8-21(19-12)7-10-6-9(2)20-22-10/h6,8H,3-5,7H2,1-2H3,(H3,15,16,17,18). The summed E-state index contributed by atoms with van der Waals surface area (Å²) in [4.78, 5) is 8.47. The summed E-state index contributed by atoms with van der Waals surface area (Å²) in [5.41, 5.74) is 8.03. The number of nitrogens with one attached hydrogen (secondary N) is 1. The van der Waals surface area contributed by atoms with Gasteiger partial charge in [-0.1, -0.05) is 18.5 Å². The second kappa shape index (κ2) is 6.00. The van der Waals surface area contributed by atoms with Gasteiger partial charge in [-0.05, 0) is 13.3 Å². The molecule has 8 nitrogen and oxygen atoms in total. The topological polar surface area (TPSA) is 108 Å². The van der Waals surface area contributed by atoms with Crippen LogP contribution in [0.25, 0.3) is 11.0 Å². The molecule has 0 spiro atoms. The summed E-state index contributed by atoms with van der Waals surface area (Å²) >= 11 is 0. The quantitative estimate of drug-likeness (QED) is 0.670. The van der Waals surface area contributed by atoms with Crippen molar-refractivity contribution >= 4 is 22.8 Å². The van der Waals surface area contributed by atoms with E-state index in [0.717, 1.165) is 30.8 Å². The molecule has 0 aliphatic heterocycles. The fraction of sp³-hybridized carbons (Fsp3) is 0.429. The average Bonchev–Trinajstić information content (AvgIpc) is 3.05.